The van der Waals surface area contributed by atoms with Crippen molar-refractivity contribution < 1.29 is 4.74 Å². The van der Waals surface area contributed by atoms with E-state index in [2.05, 4.69) is 27.4 Å². The van der Waals surface area contributed by atoms with Crippen LogP contribution < -0.4 is 15.4 Å². The molecule has 1 unspecified atom stereocenters. The molecule has 1 atom stereocenters. The van der Waals surface area contributed by atoms with Gasteiger partial charge >= 0.3 is 0 Å². The van der Waals surface area contributed by atoms with Gasteiger partial charge in [0.1, 0.15) is 6.61 Å². The van der Waals surface area contributed by atoms with Gasteiger partial charge in [0.2, 0.25) is 0 Å². The number of benzene rings is 1. The highest BCUT2D eigenvalue weighted by atomic mass is 35.5. The lowest BCUT2D eigenvalue weighted by Crippen LogP contribution is -2.41. The molecule has 0 aliphatic carbocycles. The molecule has 0 bridgehead atoms. The van der Waals surface area contributed by atoms with E-state index in [0.717, 1.165) is 25.6 Å². The lowest BCUT2D eigenvalue weighted by Gasteiger charge is -2.17. The molecule has 1 aliphatic heterocycles. The van der Waals surface area contributed by atoms with Gasteiger partial charge in [0.05, 0.1) is 16.6 Å². The summed E-state index contributed by atoms with van der Waals surface area (Å²) >= 11 is 18.1. The molecule has 8 heteroatoms. The number of nitrogens with one attached hydrogen (secondary N) is 2. The summed E-state index contributed by atoms with van der Waals surface area (Å²) in [5, 5.41) is 7.89. The SMILES string of the molecule is CCN1CCC(CNC(=NC)NCCOc2c(Cl)cc(Cl)cc2Cl)C1. The van der Waals surface area contributed by atoms with E-state index < -0.39 is 0 Å². The number of guanidine groups is 1. The number of nitrogens with zero attached hydrogens (tertiary/aromatic N) is 2. The van der Waals surface area contributed by atoms with Crippen LogP contribution in [-0.4, -0.2) is 57.2 Å². The van der Waals surface area contributed by atoms with E-state index in [0.29, 0.717) is 39.9 Å². The molecule has 140 valence electrons. The van der Waals surface area contributed by atoms with Crippen molar-refractivity contribution in [1.29, 1.82) is 0 Å². The fourth-order valence-electron chi connectivity index (χ4n) is 2.82. The smallest absolute Gasteiger partial charge is 0.191 e. The van der Waals surface area contributed by atoms with Crippen LogP contribution in [0.5, 0.6) is 5.75 Å². The van der Waals surface area contributed by atoms with Gasteiger partial charge in [0.15, 0.2) is 11.7 Å². The van der Waals surface area contributed by atoms with E-state index in [1.54, 1.807) is 19.2 Å². The van der Waals surface area contributed by atoms with Crippen molar-refractivity contribution in [3.8, 4) is 5.75 Å². The van der Waals surface area contributed by atoms with Crippen LogP contribution in [-0.2, 0) is 0 Å². The Bertz CT molecular complexity index is 574. The fraction of sp³-hybridized carbons (Fsp3) is 0.588. The number of ether oxygens (including phenoxy) is 1. The lowest BCUT2D eigenvalue weighted by atomic mass is 10.1. The zero-order chi connectivity index (χ0) is 18.2. The van der Waals surface area contributed by atoms with Gasteiger partial charge in [-0.25, -0.2) is 0 Å². The third-order valence-electron chi connectivity index (χ3n) is 4.20. The minimum atomic E-state index is 0.404. The van der Waals surface area contributed by atoms with Crippen molar-refractivity contribution >= 4 is 40.8 Å². The summed E-state index contributed by atoms with van der Waals surface area (Å²) in [6.07, 6.45) is 1.23. The summed E-state index contributed by atoms with van der Waals surface area (Å²) in [5.74, 6) is 1.89. The van der Waals surface area contributed by atoms with Crippen LogP contribution in [0, 0.1) is 5.92 Å². The van der Waals surface area contributed by atoms with Gasteiger partial charge in [-0.05, 0) is 37.6 Å². The average Bonchev–Trinajstić information content (AvgIpc) is 3.04. The molecule has 1 heterocycles. The summed E-state index contributed by atoms with van der Waals surface area (Å²) in [5.41, 5.74) is 0. The molecule has 0 radical (unpaired) electrons. The van der Waals surface area contributed by atoms with Gasteiger partial charge in [-0.1, -0.05) is 41.7 Å². The third kappa shape index (κ3) is 6.41. The summed E-state index contributed by atoms with van der Waals surface area (Å²) < 4.78 is 5.65. The van der Waals surface area contributed by atoms with E-state index in [4.69, 9.17) is 39.5 Å². The van der Waals surface area contributed by atoms with Crippen LogP contribution in [0.25, 0.3) is 0 Å². The van der Waals surface area contributed by atoms with Crippen LogP contribution >= 0.6 is 34.8 Å². The fourth-order valence-corrected chi connectivity index (χ4v) is 3.74. The standard InChI is InChI=1S/C17H25Cl3N4O/c1-3-24-6-4-12(11-24)10-23-17(21-2)22-5-7-25-16-14(19)8-13(18)9-15(16)20/h8-9,12H,3-7,10-11H2,1-2H3,(H2,21,22,23). The first-order valence-corrected chi connectivity index (χ1v) is 9.61. The Morgan fingerprint density at radius 2 is 2.00 bits per heavy atom. The summed E-state index contributed by atoms with van der Waals surface area (Å²) in [7, 11) is 1.76. The van der Waals surface area contributed by atoms with Gasteiger partial charge < -0.3 is 20.3 Å². The van der Waals surface area contributed by atoms with Crippen LogP contribution in [0.2, 0.25) is 15.1 Å². The third-order valence-corrected chi connectivity index (χ3v) is 4.98. The van der Waals surface area contributed by atoms with Crippen LogP contribution in [0.1, 0.15) is 13.3 Å². The molecule has 5 nitrogen and oxygen atoms in total. The molecule has 0 amide bonds. The van der Waals surface area contributed by atoms with E-state index in [1.807, 2.05) is 0 Å². The Labute approximate surface area is 164 Å². The van der Waals surface area contributed by atoms with Crippen molar-refractivity contribution in [2.24, 2.45) is 10.9 Å². The van der Waals surface area contributed by atoms with Crippen molar-refractivity contribution in [2.45, 2.75) is 13.3 Å². The molecular weight excluding hydrogens is 383 g/mol. The lowest BCUT2D eigenvalue weighted by molar-refractivity contribution is 0.322. The second-order valence-corrected chi connectivity index (χ2v) is 7.23. The molecular formula is C17H25Cl3N4O. The predicted octanol–water partition coefficient (Wildman–Crippen LogP) is 3.53. The number of aliphatic imine (C=N–C) groups is 1. The van der Waals surface area contributed by atoms with Crippen LogP contribution in [0.15, 0.2) is 17.1 Å². The van der Waals surface area contributed by atoms with Crippen molar-refractivity contribution in [3.05, 3.63) is 27.2 Å². The van der Waals surface area contributed by atoms with Gasteiger partial charge in [0, 0.05) is 25.2 Å². The number of rotatable bonds is 7. The quantitative estimate of drug-likeness (QED) is 0.412. The van der Waals surface area contributed by atoms with E-state index in [-0.39, 0.29) is 0 Å². The predicted molar refractivity (Wildman–Crippen MR) is 107 cm³/mol. The highest BCUT2D eigenvalue weighted by Gasteiger charge is 2.20. The maximum Gasteiger partial charge on any atom is 0.191 e. The molecule has 1 aromatic rings. The molecule has 0 spiro atoms. The molecule has 0 aromatic heterocycles. The Hall–Kier alpha value is -0.880. The van der Waals surface area contributed by atoms with Crippen molar-refractivity contribution in [1.82, 2.24) is 15.5 Å². The van der Waals surface area contributed by atoms with E-state index in [9.17, 15) is 0 Å². The number of halogens is 3. The average molecular weight is 408 g/mol. The second kappa shape index (κ2) is 10.3. The summed E-state index contributed by atoms with van der Waals surface area (Å²) in [6, 6.07) is 3.22. The number of likely N-dealkylation sites (tertiary alicyclic amines) is 1. The topological polar surface area (TPSA) is 48.9 Å². The maximum atomic E-state index is 6.10. The first-order chi connectivity index (χ1) is 12.0. The van der Waals surface area contributed by atoms with Crippen LogP contribution in [0.3, 0.4) is 0 Å². The molecule has 0 saturated carbocycles. The van der Waals surface area contributed by atoms with E-state index in [1.165, 1.54) is 13.0 Å². The molecule has 1 fully saturated rings. The van der Waals surface area contributed by atoms with Crippen molar-refractivity contribution in [3.63, 3.8) is 0 Å². The molecule has 2 N–H and O–H groups in total. The maximum absolute atomic E-state index is 6.10. The Kier molecular flexibility index (Phi) is 8.43. The minimum Gasteiger partial charge on any atom is -0.489 e. The molecule has 1 aliphatic rings. The Morgan fingerprint density at radius 1 is 1.28 bits per heavy atom. The normalized spacial score (nSPS) is 18.4. The minimum absolute atomic E-state index is 0.404. The van der Waals surface area contributed by atoms with Gasteiger partial charge in [-0.3, -0.25) is 4.99 Å². The van der Waals surface area contributed by atoms with Crippen LogP contribution in [0.4, 0.5) is 0 Å². The van der Waals surface area contributed by atoms with Gasteiger partial charge in [-0.15, -0.1) is 0 Å². The Balaban J connectivity index is 1.69. The highest BCUT2D eigenvalue weighted by molar-refractivity contribution is 6.40. The monoisotopic (exact) mass is 406 g/mol. The largest absolute Gasteiger partial charge is 0.489 e. The zero-order valence-corrected chi connectivity index (χ0v) is 16.9. The second-order valence-electron chi connectivity index (χ2n) is 5.97. The molecule has 2 rings (SSSR count). The van der Waals surface area contributed by atoms with Gasteiger partial charge in [0.25, 0.3) is 0 Å². The summed E-state index contributed by atoms with van der Waals surface area (Å²) in [4.78, 5) is 6.70. The first kappa shape index (κ1) is 20.4. The van der Waals surface area contributed by atoms with Crippen molar-refractivity contribution in [2.75, 3.05) is 46.4 Å². The first-order valence-electron chi connectivity index (χ1n) is 8.47. The van der Waals surface area contributed by atoms with Gasteiger partial charge in [-0.2, -0.15) is 0 Å². The molecule has 1 saturated heterocycles. The Morgan fingerprint density at radius 3 is 2.60 bits per heavy atom. The molecule has 25 heavy (non-hydrogen) atoms. The van der Waals surface area contributed by atoms with E-state index >= 15 is 0 Å². The zero-order valence-electron chi connectivity index (χ0n) is 14.6. The number of hydrogen-bond donors (Lipinski definition) is 2. The number of hydrogen-bond acceptors (Lipinski definition) is 3. The molecule has 1 aromatic carbocycles. The highest BCUT2D eigenvalue weighted by Crippen LogP contribution is 2.35. The summed E-state index contributed by atoms with van der Waals surface area (Å²) in [6.45, 7) is 7.58.